The van der Waals surface area contributed by atoms with Crippen LogP contribution in [0, 0.1) is 5.92 Å². The fourth-order valence-corrected chi connectivity index (χ4v) is 4.37. The van der Waals surface area contributed by atoms with E-state index in [0.717, 1.165) is 17.2 Å². The lowest BCUT2D eigenvalue weighted by Crippen LogP contribution is -2.43. The van der Waals surface area contributed by atoms with Crippen LogP contribution < -0.4 is 5.32 Å². The van der Waals surface area contributed by atoms with Gasteiger partial charge in [-0.3, -0.25) is 0 Å². The van der Waals surface area contributed by atoms with Crippen LogP contribution in [0.1, 0.15) is 46.0 Å². The lowest BCUT2D eigenvalue weighted by molar-refractivity contribution is 0.257. The van der Waals surface area contributed by atoms with E-state index in [1.165, 1.54) is 64.0 Å². The quantitative estimate of drug-likeness (QED) is 0.827. The highest BCUT2D eigenvalue weighted by molar-refractivity contribution is 8.00. The maximum absolute atomic E-state index is 3.77. The molecule has 1 N–H and O–H groups in total. The molecule has 3 heteroatoms. The molecule has 106 valence electrons. The Morgan fingerprint density at radius 2 is 2.00 bits per heavy atom. The summed E-state index contributed by atoms with van der Waals surface area (Å²) in [5, 5.41) is 4.66. The highest BCUT2D eigenvalue weighted by Crippen LogP contribution is 2.23. The van der Waals surface area contributed by atoms with Crippen LogP contribution in [-0.4, -0.2) is 48.1 Å². The van der Waals surface area contributed by atoms with Gasteiger partial charge in [0.05, 0.1) is 0 Å². The van der Waals surface area contributed by atoms with Gasteiger partial charge in [-0.15, -0.1) is 0 Å². The van der Waals surface area contributed by atoms with Crippen molar-refractivity contribution in [3.05, 3.63) is 0 Å². The summed E-state index contributed by atoms with van der Waals surface area (Å²) in [6.07, 6.45) is 6.98. The third-order valence-electron chi connectivity index (χ3n) is 4.56. The van der Waals surface area contributed by atoms with Gasteiger partial charge >= 0.3 is 0 Å². The normalized spacial score (nSPS) is 34.7. The molecule has 2 rings (SSSR count). The molecule has 2 fully saturated rings. The second kappa shape index (κ2) is 7.76. The number of thioether (sulfide) groups is 1. The van der Waals surface area contributed by atoms with Crippen molar-refractivity contribution in [2.75, 3.05) is 31.9 Å². The minimum atomic E-state index is 0.808. The van der Waals surface area contributed by atoms with Crippen molar-refractivity contribution in [2.45, 2.75) is 57.2 Å². The van der Waals surface area contributed by atoms with E-state index in [0.29, 0.717) is 0 Å². The molecule has 2 aliphatic rings. The number of nitrogens with zero attached hydrogens (tertiary/aromatic N) is 1. The Morgan fingerprint density at radius 1 is 1.22 bits per heavy atom. The zero-order chi connectivity index (χ0) is 12.8. The maximum Gasteiger partial charge on any atom is 0.0172 e. The van der Waals surface area contributed by atoms with Gasteiger partial charge in [0.25, 0.3) is 0 Å². The second-order valence-electron chi connectivity index (χ2n) is 6.11. The number of hydrogen-bond acceptors (Lipinski definition) is 3. The average Bonchev–Trinajstić information content (AvgIpc) is 2.41. The van der Waals surface area contributed by atoms with E-state index < -0.39 is 0 Å². The SMILES string of the molecule is CCC1CN(CCNC2CCC(C)CC2)CCS1. The Kier molecular flexibility index (Phi) is 6.33. The van der Waals surface area contributed by atoms with E-state index in [9.17, 15) is 0 Å². The molecule has 0 aromatic carbocycles. The average molecular weight is 270 g/mol. The molecule has 0 aromatic heterocycles. The van der Waals surface area contributed by atoms with Gasteiger partial charge in [-0.1, -0.05) is 13.8 Å². The molecule has 0 amide bonds. The van der Waals surface area contributed by atoms with E-state index in [1.807, 2.05) is 0 Å². The van der Waals surface area contributed by atoms with Gasteiger partial charge in [0, 0.05) is 43.2 Å². The van der Waals surface area contributed by atoms with Crippen molar-refractivity contribution in [1.29, 1.82) is 0 Å². The van der Waals surface area contributed by atoms with Crippen molar-refractivity contribution in [3.8, 4) is 0 Å². The highest BCUT2D eigenvalue weighted by atomic mass is 32.2. The lowest BCUT2D eigenvalue weighted by atomic mass is 9.87. The van der Waals surface area contributed by atoms with Crippen LogP contribution in [-0.2, 0) is 0 Å². The summed E-state index contributed by atoms with van der Waals surface area (Å²) < 4.78 is 0. The van der Waals surface area contributed by atoms with E-state index in [1.54, 1.807) is 0 Å². The van der Waals surface area contributed by atoms with Crippen molar-refractivity contribution >= 4 is 11.8 Å². The fraction of sp³-hybridized carbons (Fsp3) is 1.00. The van der Waals surface area contributed by atoms with Gasteiger partial charge in [-0.25, -0.2) is 0 Å². The first-order valence-corrected chi connectivity index (χ1v) is 8.90. The van der Waals surface area contributed by atoms with E-state index in [4.69, 9.17) is 0 Å². The minimum Gasteiger partial charge on any atom is -0.313 e. The van der Waals surface area contributed by atoms with Gasteiger partial charge < -0.3 is 10.2 Å². The monoisotopic (exact) mass is 270 g/mol. The molecule has 1 saturated heterocycles. The molecule has 1 heterocycles. The summed E-state index contributed by atoms with van der Waals surface area (Å²) in [6, 6.07) is 0.808. The molecule has 1 saturated carbocycles. The lowest BCUT2D eigenvalue weighted by Gasteiger charge is -2.33. The third-order valence-corrected chi connectivity index (χ3v) is 5.93. The summed E-state index contributed by atoms with van der Waals surface area (Å²) in [5.41, 5.74) is 0. The highest BCUT2D eigenvalue weighted by Gasteiger charge is 2.20. The summed E-state index contributed by atoms with van der Waals surface area (Å²) in [5.74, 6) is 2.30. The molecule has 1 unspecified atom stereocenters. The summed E-state index contributed by atoms with van der Waals surface area (Å²) in [7, 11) is 0. The molecule has 0 radical (unpaired) electrons. The van der Waals surface area contributed by atoms with Crippen LogP contribution >= 0.6 is 11.8 Å². The molecule has 18 heavy (non-hydrogen) atoms. The van der Waals surface area contributed by atoms with E-state index in [2.05, 4.69) is 35.8 Å². The molecular weight excluding hydrogens is 240 g/mol. The fourth-order valence-electron chi connectivity index (χ4n) is 3.12. The van der Waals surface area contributed by atoms with Gasteiger partial charge in [0.15, 0.2) is 0 Å². The van der Waals surface area contributed by atoms with Crippen LogP contribution in [0.4, 0.5) is 0 Å². The van der Waals surface area contributed by atoms with Crippen LogP contribution in [0.5, 0.6) is 0 Å². The number of rotatable bonds is 5. The largest absolute Gasteiger partial charge is 0.313 e. The Balaban J connectivity index is 1.57. The Morgan fingerprint density at radius 3 is 2.72 bits per heavy atom. The first kappa shape index (κ1) is 14.7. The summed E-state index contributed by atoms with van der Waals surface area (Å²) >= 11 is 2.17. The van der Waals surface area contributed by atoms with Crippen LogP contribution in [0.3, 0.4) is 0 Å². The Hall–Kier alpha value is 0.270. The van der Waals surface area contributed by atoms with E-state index >= 15 is 0 Å². The van der Waals surface area contributed by atoms with Crippen molar-refractivity contribution in [1.82, 2.24) is 10.2 Å². The molecule has 2 nitrogen and oxygen atoms in total. The molecule has 1 atom stereocenters. The van der Waals surface area contributed by atoms with Gasteiger partial charge in [-0.05, 0) is 38.0 Å². The first-order valence-electron chi connectivity index (χ1n) is 7.85. The molecule has 1 aliphatic carbocycles. The molecular formula is C15H30N2S. The van der Waals surface area contributed by atoms with Crippen LogP contribution in [0.25, 0.3) is 0 Å². The van der Waals surface area contributed by atoms with Gasteiger partial charge in [0.1, 0.15) is 0 Å². The predicted octanol–water partition coefficient (Wildman–Crippen LogP) is 2.98. The van der Waals surface area contributed by atoms with Crippen molar-refractivity contribution < 1.29 is 0 Å². The summed E-state index contributed by atoms with van der Waals surface area (Å²) in [6.45, 7) is 9.77. The second-order valence-corrected chi connectivity index (χ2v) is 7.52. The summed E-state index contributed by atoms with van der Waals surface area (Å²) in [4.78, 5) is 2.66. The molecule has 0 spiro atoms. The smallest absolute Gasteiger partial charge is 0.0172 e. The van der Waals surface area contributed by atoms with E-state index in [-0.39, 0.29) is 0 Å². The van der Waals surface area contributed by atoms with Crippen LogP contribution in [0.2, 0.25) is 0 Å². The third kappa shape index (κ3) is 4.75. The number of nitrogens with one attached hydrogen (secondary N) is 1. The van der Waals surface area contributed by atoms with Gasteiger partial charge in [-0.2, -0.15) is 11.8 Å². The standard InChI is InChI=1S/C15H30N2S/c1-3-15-12-17(10-11-18-15)9-8-16-14-6-4-13(2)5-7-14/h13-16H,3-12H2,1-2H3. The zero-order valence-corrected chi connectivity index (χ0v) is 13.0. The minimum absolute atomic E-state index is 0.808. The molecule has 0 bridgehead atoms. The first-order chi connectivity index (χ1) is 8.78. The Bertz CT molecular complexity index is 227. The predicted molar refractivity (Wildman–Crippen MR) is 82.4 cm³/mol. The maximum atomic E-state index is 3.77. The topological polar surface area (TPSA) is 15.3 Å². The van der Waals surface area contributed by atoms with Gasteiger partial charge in [0.2, 0.25) is 0 Å². The molecule has 1 aliphatic heterocycles. The number of hydrogen-bond donors (Lipinski definition) is 1. The van der Waals surface area contributed by atoms with Crippen molar-refractivity contribution in [2.24, 2.45) is 5.92 Å². The zero-order valence-electron chi connectivity index (χ0n) is 12.2. The van der Waals surface area contributed by atoms with Crippen molar-refractivity contribution in [3.63, 3.8) is 0 Å². The Labute approximate surface area is 117 Å². The molecule has 0 aromatic rings. The van der Waals surface area contributed by atoms with Crippen LogP contribution in [0.15, 0.2) is 0 Å².